The van der Waals surface area contributed by atoms with Gasteiger partial charge in [0, 0.05) is 10.6 Å². The molecule has 1 aromatic heterocycles. The van der Waals surface area contributed by atoms with Crippen molar-refractivity contribution in [1.82, 2.24) is 14.8 Å². The fraction of sp³-hybridized carbons (Fsp3) is 0.250. The lowest BCUT2D eigenvalue weighted by Crippen LogP contribution is -2.37. The summed E-state index contributed by atoms with van der Waals surface area (Å²) >= 11 is 7.15. The van der Waals surface area contributed by atoms with Gasteiger partial charge in [-0.2, -0.15) is 10.1 Å². The quantitative estimate of drug-likeness (QED) is 0.861. The molecule has 1 aromatic carbocycles. The Morgan fingerprint density at radius 1 is 1.42 bits per heavy atom. The van der Waals surface area contributed by atoms with Gasteiger partial charge in [0.25, 0.3) is 5.56 Å². The minimum atomic E-state index is -1.30. The van der Waals surface area contributed by atoms with E-state index >= 15 is 0 Å². The van der Waals surface area contributed by atoms with E-state index in [4.69, 9.17) is 11.6 Å². The molecule has 1 aliphatic heterocycles. The van der Waals surface area contributed by atoms with Crippen LogP contribution in [0.4, 0.5) is 0 Å². The molecule has 1 aliphatic rings. The molecule has 3 rings (SSSR count). The molecule has 0 saturated heterocycles. The van der Waals surface area contributed by atoms with E-state index < -0.39 is 5.72 Å². The third kappa shape index (κ3) is 1.96. The lowest BCUT2D eigenvalue weighted by atomic mass is 10.1. The number of rotatable bonds is 1. The Morgan fingerprint density at radius 3 is 2.79 bits per heavy atom. The highest BCUT2D eigenvalue weighted by molar-refractivity contribution is 7.99. The van der Waals surface area contributed by atoms with Crippen molar-refractivity contribution in [3.05, 3.63) is 50.9 Å². The molecule has 0 spiro atoms. The molecule has 98 valence electrons. The van der Waals surface area contributed by atoms with E-state index in [0.29, 0.717) is 21.5 Å². The summed E-state index contributed by atoms with van der Waals surface area (Å²) in [4.78, 5) is 15.4. The van der Waals surface area contributed by atoms with Gasteiger partial charge in [0.2, 0.25) is 0 Å². The van der Waals surface area contributed by atoms with Crippen LogP contribution >= 0.6 is 23.4 Å². The van der Waals surface area contributed by atoms with E-state index in [2.05, 4.69) is 10.1 Å². The molecule has 1 atom stereocenters. The van der Waals surface area contributed by atoms with Crippen molar-refractivity contribution in [2.75, 3.05) is 5.75 Å². The molecule has 19 heavy (non-hydrogen) atoms. The van der Waals surface area contributed by atoms with Crippen molar-refractivity contribution < 1.29 is 5.11 Å². The summed E-state index contributed by atoms with van der Waals surface area (Å²) in [6.45, 7) is 1.58. The first kappa shape index (κ1) is 12.7. The highest BCUT2D eigenvalue weighted by Crippen LogP contribution is 2.38. The molecule has 0 saturated carbocycles. The zero-order chi connectivity index (χ0) is 13.6. The first-order valence-electron chi connectivity index (χ1n) is 5.60. The third-order valence-corrected chi connectivity index (χ3v) is 4.32. The average molecular weight is 296 g/mol. The van der Waals surface area contributed by atoms with Crippen LogP contribution in [0, 0.1) is 6.92 Å². The van der Waals surface area contributed by atoms with E-state index in [1.54, 1.807) is 31.2 Å². The van der Waals surface area contributed by atoms with E-state index in [0.717, 1.165) is 0 Å². The van der Waals surface area contributed by atoms with Gasteiger partial charge in [0.05, 0.1) is 5.75 Å². The zero-order valence-corrected chi connectivity index (χ0v) is 11.6. The first-order chi connectivity index (χ1) is 9.00. The molecule has 2 heterocycles. The number of aliphatic hydroxyl groups is 1. The Balaban J connectivity index is 2.17. The molecule has 2 aromatic rings. The Bertz CT molecular complexity index is 701. The van der Waals surface area contributed by atoms with Crippen molar-refractivity contribution in [2.24, 2.45) is 0 Å². The maximum Gasteiger partial charge on any atom is 0.295 e. The van der Waals surface area contributed by atoms with Crippen LogP contribution in [-0.2, 0) is 5.72 Å². The zero-order valence-electron chi connectivity index (χ0n) is 10.00. The van der Waals surface area contributed by atoms with Gasteiger partial charge < -0.3 is 5.11 Å². The van der Waals surface area contributed by atoms with Crippen molar-refractivity contribution in [3.63, 3.8) is 0 Å². The Labute approximate surface area is 118 Å². The number of fused-ring (bicyclic) bond motifs is 1. The van der Waals surface area contributed by atoms with E-state index in [1.165, 1.54) is 16.4 Å². The molecular weight excluding hydrogens is 286 g/mol. The van der Waals surface area contributed by atoms with Crippen LogP contribution in [0.3, 0.4) is 0 Å². The number of thioether (sulfide) groups is 1. The molecule has 0 radical (unpaired) electrons. The lowest BCUT2D eigenvalue weighted by molar-refractivity contribution is 0.0116. The summed E-state index contributed by atoms with van der Waals surface area (Å²) in [6.07, 6.45) is 0. The van der Waals surface area contributed by atoms with Crippen LogP contribution in [0.15, 0.2) is 34.2 Å². The van der Waals surface area contributed by atoms with Gasteiger partial charge in [0.1, 0.15) is 5.69 Å². The molecule has 1 N–H and O–H groups in total. The monoisotopic (exact) mass is 295 g/mol. The summed E-state index contributed by atoms with van der Waals surface area (Å²) in [5, 5.41) is 16.0. The molecule has 0 fully saturated rings. The van der Waals surface area contributed by atoms with Gasteiger partial charge in [-0.3, -0.25) is 4.79 Å². The number of aryl methyl sites for hydroxylation is 1. The van der Waals surface area contributed by atoms with Crippen LogP contribution in [0.1, 0.15) is 11.3 Å². The van der Waals surface area contributed by atoms with Gasteiger partial charge in [0.15, 0.2) is 10.9 Å². The van der Waals surface area contributed by atoms with Crippen molar-refractivity contribution in [2.45, 2.75) is 17.8 Å². The normalized spacial score (nSPS) is 21.4. The standard InChI is InChI=1S/C12H10ClN3O2S/c1-7-10(17)14-11-16(15-7)12(18,6-19-11)8-2-4-9(13)5-3-8/h2-5,18H,6H2,1H3/t12-/m1/s1. The second kappa shape index (κ2) is 4.33. The van der Waals surface area contributed by atoms with Gasteiger partial charge >= 0.3 is 0 Å². The molecule has 0 unspecified atom stereocenters. The minimum absolute atomic E-state index is 0.263. The molecule has 7 heteroatoms. The number of halogens is 1. The number of aromatic nitrogens is 3. The van der Waals surface area contributed by atoms with Gasteiger partial charge in [-0.1, -0.05) is 35.5 Å². The van der Waals surface area contributed by atoms with Crippen molar-refractivity contribution in [3.8, 4) is 0 Å². The highest BCUT2D eigenvalue weighted by atomic mass is 35.5. The maximum atomic E-state index is 11.5. The number of hydrogen-bond donors (Lipinski definition) is 1. The van der Waals surface area contributed by atoms with Crippen LogP contribution in [0.25, 0.3) is 0 Å². The first-order valence-corrected chi connectivity index (χ1v) is 6.97. The van der Waals surface area contributed by atoms with Crippen LogP contribution in [0.2, 0.25) is 5.02 Å². The predicted molar refractivity (Wildman–Crippen MR) is 72.5 cm³/mol. The molecule has 0 bridgehead atoms. The lowest BCUT2D eigenvalue weighted by Gasteiger charge is -2.24. The third-order valence-electron chi connectivity index (χ3n) is 3.00. The van der Waals surface area contributed by atoms with E-state index in [-0.39, 0.29) is 11.3 Å². The van der Waals surface area contributed by atoms with Gasteiger partial charge in [-0.25, -0.2) is 4.68 Å². The molecule has 0 amide bonds. The second-order valence-electron chi connectivity index (χ2n) is 4.31. The van der Waals surface area contributed by atoms with Crippen LogP contribution < -0.4 is 5.56 Å². The highest BCUT2D eigenvalue weighted by Gasteiger charge is 2.40. The van der Waals surface area contributed by atoms with Crippen molar-refractivity contribution in [1.29, 1.82) is 0 Å². The Kier molecular flexibility index (Phi) is 2.88. The topological polar surface area (TPSA) is 68.0 Å². The number of nitrogens with zero attached hydrogens (tertiary/aromatic N) is 3. The number of benzene rings is 1. The average Bonchev–Trinajstić information content (AvgIpc) is 2.70. The number of hydrogen-bond acceptors (Lipinski definition) is 5. The Morgan fingerprint density at radius 2 is 2.11 bits per heavy atom. The summed E-state index contributed by atoms with van der Waals surface area (Å²) in [5.74, 6) is 0.359. The van der Waals surface area contributed by atoms with Crippen LogP contribution in [-0.4, -0.2) is 25.6 Å². The van der Waals surface area contributed by atoms with Gasteiger partial charge in [-0.15, -0.1) is 0 Å². The largest absolute Gasteiger partial charge is 0.365 e. The summed E-state index contributed by atoms with van der Waals surface area (Å²) in [7, 11) is 0. The maximum absolute atomic E-state index is 11.5. The fourth-order valence-electron chi connectivity index (χ4n) is 1.93. The smallest absolute Gasteiger partial charge is 0.295 e. The van der Waals surface area contributed by atoms with Crippen molar-refractivity contribution >= 4 is 23.4 Å². The molecule has 0 aliphatic carbocycles. The molecular formula is C12H10ClN3O2S. The fourth-order valence-corrected chi connectivity index (χ4v) is 3.14. The SMILES string of the molecule is Cc1nn2c(nc1=O)SC[C@@]2(O)c1ccc(Cl)cc1. The summed E-state index contributed by atoms with van der Waals surface area (Å²) in [5.41, 5.74) is -0.728. The predicted octanol–water partition coefficient (Wildman–Crippen LogP) is 1.40. The minimum Gasteiger partial charge on any atom is -0.365 e. The molecule has 5 nitrogen and oxygen atoms in total. The summed E-state index contributed by atoms with van der Waals surface area (Å²) in [6, 6.07) is 6.90. The second-order valence-corrected chi connectivity index (χ2v) is 5.69. The summed E-state index contributed by atoms with van der Waals surface area (Å²) < 4.78 is 1.40. The van der Waals surface area contributed by atoms with Gasteiger partial charge in [-0.05, 0) is 19.1 Å². The Hall–Kier alpha value is -1.37. The van der Waals surface area contributed by atoms with E-state index in [9.17, 15) is 9.90 Å². The van der Waals surface area contributed by atoms with Crippen LogP contribution in [0.5, 0.6) is 0 Å². The van der Waals surface area contributed by atoms with E-state index in [1.807, 2.05) is 0 Å².